The van der Waals surface area contributed by atoms with Gasteiger partial charge in [0.2, 0.25) is 0 Å². The van der Waals surface area contributed by atoms with Gasteiger partial charge in [0.25, 0.3) is 5.91 Å². The summed E-state index contributed by atoms with van der Waals surface area (Å²) in [6.07, 6.45) is 0. The molecule has 2 N–H and O–H groups in total. The van der Waals surface area contributed by atoms with Gasteiger partial charge in [-0.15, -0.1) is 0 Å². The van der Waals surface area contributed by atoms with Gasteiger partial charge < -0.3 is 20.4 Å². The van der Waals surface area contributed by atoms with Crippen molar-refractivity contribution in [2.24, 2.45) is 0 Å². The summed E-state index contributed by atoms with van der Waals surface area (Å²) in [7, 11) is 3.79. The van der Waals surface area contributed by atoms with E-state index in [0.717, 1.165) is 22.1 Å². The fourth-order valence-electron chi connectivity index (χ4n) is 3.48. The van der Waals surface area contributed by atoms with Gasteiger partial charge >= 0.3 is 6.03 Å². The van der Waals surface area contributed by atoms with Crippen molar-refractivity contribution in [1.82, 2.24) is 4.90 Å². The SMILES string of the molecule is CCN(CC)C(=O)c1cc(NC(=O)Nc2cccc3ccccc23)ccc1N(C)C. The molecule has 0 spiro atoms. The normalized spacial score (nSPS) is 10.5. The Kier molecular flexibility index (Phi) is 6.57. The number of hydrogen-bond donors (Lipinski definition) is 2. The molecule has 0 radical (unpaired) electrons. The minimum Gasteiger partial charge on any atom is -0.377 e. The number of carbonyl (C=O) groups excluding carboxylic acids is 2. The first-order chi connectivity index (χ1) is 14.4. The third kappa shape index (κ3) is 4.54. The highest BCUT2D eigenvalue weighted by Crippen LogP contribution is 2.26. The van der Waals surface area contributed by atoms with Gasteiger partial charge in [0, 0.05) is 43.9 Å². The van der Waals surface area contributed by atoms with E-state index in [9.17, 15) is 9.59 Å². The second kappa shape index (κ2) is 9.31. The van der Waals surface area contributed by atoms with E-state index >= 15 is 0 Å². The summed E-state index contributed by atoms with van der Waals surface area (Å²) in [5.74, 6) is -0.0539. The van der Waals surface area contributed by atoms with E-state index in [4.69, 9.17) is 0 Å². The zero-order valence-electron chi connectivity index (χ0n) is 17.9. The number of nitrogens with zero attached hydrogens (tertiary/aromatic N) is 2. The van der Waals surface area contributed by atoms with Gasteiger partial charge in [-0.2, -0.15) is 0 Å². The standard InChI is InChI=1S/C24H28N4O2/c1-5-28(6-2)23(29)20-16-18(14-15-22(20)27(3)4)25-24(30)26-21-13-9-11-17-10-7-8-12-19(17)21/h7-16H,5-6H2,1-4H3,(H2,25,26,30). The Bertz CT molecular complexity index is 1050. The van der Waals surface area contributed by atoms with Crippen LogP contribution in [0.2, 0.25) is 0 Å². The molecule has 0 unspecified atom stereocenters. The molecule has 6 nitrogen and oxygen atoms in total. The molecule has 0 atom stereocenters. The average Bonchev–Trinajstić information content (AvgIpc) is 2.74. The predicted octanol–water partition coefficient (Wildman–Crippen LogP) is 5.03. The fourth-order valence-corrected chi connectivity index (χ4v) is 3.48. The first-order valence-corrected chi connectivity index (χ1v) is 10.1. The molecule has 3 aromatic carbocycles. The Morgan fingerprint density at radius 3 is 2.27 bits per heavy atom. The van der Waals surface area contributed by atoms with Gasteiger partial charge in [-0.05, 0) is 43.5 Å². The number of nitrogens with one attached hydrogen (secondary N) is 2. The number of rotatable bonds is 6. The molecule has 0 aliphatic rings. The van der Waals surface area contributed by atoms with Crippen LogP contribution in [0.4, 0.5) is 21.9 Å². The molecule has 0 saturated heterocycles. The van der Waals surface area contributed by atoms with Crippen molar-refractivity contribution in [3.8, 4) is 0 Å². The maximum absolute atomic E-state index is 13.0. The topological polar surface area (TPSA) is 64.7 Å². The van der Waals surface area contributed by atoms with Gasteiger partial charge in [0.05, 0.1) is 11.3 Å². The minimum absolute atomic E-state index is 0.0539. The van der Waals surface area contributed by atoms with Gasteiger partial charge in [0.15, 0.2) is 0 Å². The number of benzene rings is 3. The molecule has 6 heteroatoms. The molecule has 0 bridgehead atoms. The lowest BCUT2D eigenvalue weighted by molar-refractivity contribution is 0.0773. The molecule has 156 valence electrons. The molecule has 0 aromatic heterocycles. The van der Waals surface area contributed by atoms with Crippen LogP contribution < -0.4 is 15.5 Å². The van der Waals surface area contributed by atoms with E-state index in [-0.39, 0.29) is 11.9 Å². The summed E-state index contributed by atoms with van der Waals surface area (Å²) in [6, 6.07) is 18.7. The van der Waals surface area contributed by atoms with Crippen LogP contribution in [-0.4, -0.2) is 44.0 Å². The Morgan fingerprint density at radius 2 is 1.57 bits per heavy atom. The van der Waals surface area contributed by atoms with Crippen molar-refractivity contribution in [3.63, 3.8) is 0 Å². The monoisotopic (exact) mass is 404 g/mol. The Morgan fingerprint density at radius 1 is 0.867 bits per heavy atom. The first-order valence-electron chi connectivity index (χ1n) is 10.1. The summed E-state index contributed by atoms with van der Waals surface area (Å²) in [6.45, 7) is 5.16. The maximum atomic E-state index is 13.0. The van der Waals surface area contributed by atoms with Crippen LogP contribution in [-0.2, 0) is 0 Å². The molecule has 0 fully saturated rings. The summed E-state index contributed by atoms with van der Waals surface area (Å²) in [5, 5.41) is 7.78. The Labute approximate surface area is 177 Å². The third-order valence-corrected chi connectivity index (χ3v) is 5.06. The number of urea groups is 1. The maximum Gasteiger partial charge on any atom is 0.323 e. The molecule has 0 aliphatic heterocycles. The second-order valence-electron chi connectivity index (χ2n) is 7.21. The highest BCUT2D eigenvalue weighted by molar-refractivity contribution is 6.07. The zero-order valence-corrected chi connectivity index (χ0v) is 17.9. The van der Waals surface area contributed by atoms with E-state index < -0.39 is 0 Å². The van der Waals surface area contributed by atoms with E-state index in [1.807, 2.05) is 81.4 Å². The number of anilines is 3. The van der Waals surface area contributed by atoms with Crippen molar-refractivity contribution in [1.29, 1.82) is 0 Å². The van der Waals surface area contributed by atoms with Crippen molar-refractivity contribution < 1.29 is 9.59 Å². The predicted molar refractivity (Wildman–Crippen MR) is 125 cm³/mol. The minimum atomic E-state index is -0.356. The molecule has 30 heavy (non-hydrogen) atoms. The summed E-state index contributed by atoms with van der Waals surface area (Å²) in [4.78, 5) is 29.3. The molecule has 0 aliphatic carbocycles. The quantitative estimate of drug-likeness (QED) is 0.605. The molecule has 3 amide bonds. The Balaban J connectivity index is 1.84. The van der Waals surface area contributed by atoms with Crippen LogP contribution in [0.15, 0.2) is 60.7 Å². The smallest absolute Gasteiger partial charge is 0.323 e. The number of amides is 3. The zero-order chi connectivity index (χ0) is 21.7. The second-order valence-corrected chi connectivity index (χ2v) is 7.21. The first kappa shape index (κ1) is 21.2. The summed E-state index contributed by atoms with van der Waals surface area (Å²) >= 11 is 0. The van der Waals surface area contributed by atoms with Crippen molar-refractivity contribution in [3.05, 3.63) is 66.2 Å². The lowest BCUT2D eigenvalue weighted by Crippen LogP contribution is -2.32. The van der Waals surface area contributed by atoms with Crippen LogP contribution in [0.5, 0.6) is 0 Å². The summed E-state index contributed by atoms with van der Waals surface area (Å²) < 4.78 is 0. The fraction of sp³-hybridized carbons (Fsp3) is 0.250. The van der Waals surface area contributed by atoms with E-state index in [2.05, 4.69) is 10.6 Å². The molecule has 3 aromatic rings. The van der Waals surface area contributed by atoms with Crippen LogP contribution >= 0.6 is 0 Å². The van der Waals surface area contributed by atoms with Gasteiger partial charge in [-0.3, -0.25) is 4.79 Å². The number of fused-ring (bicyclic) bond motifs is 1. The summed E-state index contributed by atoms with van der Waals surface area (Å²) in [5.41, 5.74) is 2.67. The lowest BCUT2D eigenvalue weighted by atomic mass is 10.1. The van der Waals surface area contributed by atoms with Gasteiger partial charge in [0.1, 0.15) is 0 Å². The van der Waals surface area contributed by atoms with Crippen molar-refractivity contribution >= 4 is 39.8 Å². The molecule has 3 rings (SSSR count). The Hall–Kier alpha value is -3.54. The largest absolute Gasteiger partial charge is 0.377 e. The van der Waals surface area contributed by atoms with Crippen LogP contribution in [0, 0.1) is 0 Å². The van der Waals surface area contributed by atoms with Crippen molar-refractivity contribution in [2.45, 2.75) is 13.8 Å². The van der Waals surface area contributed by atoms with Crippen LogP contribution in [0.25, 0.3) is 10.8 Å². The van der Waals surface area contributed by atoms with Crippen molar-refractivity contribution in [2.75, 3.05) is 42.7 Å². The number of carbonyl (C=O) groups is 2. The van der Waals surface area contributed by atoms with E-state index in [0.29, 0.717) is 24.3 Å². The average molecular weight is 405 g/mol. The molecule has 0 heterocycles. The number of hydrogen-bond acceptors (Lipinski definition) is 3. The molecule has 0 saturated carbocycles. The van der Waals surface area contributed by atoms with E-state index in [1.54, 1.807) is 17.0 Å². The van der Waals surface area contributed by atoms with Gasteiger partial charge in [-0.1, -0.05) is 36.4 Å². The molecular weight excluding hydrogens is 376 g/mol. The van der Waals surface area contributed by atoms with E-state index in [1.165, 1.54) is 0 Å². The van der Waals surface area contributed by atoms with Crippen LogP contribution in [0.1, 0.15) is 24.2 Å². The van der Waals surface area contributed by atoms with Crippen LogP contribution in [0.3, 0.4) is 0 Å². The third-order valence-electron chi connectivity index (χ3n) is 5.06. The highest BCUT2D eigenvalue weighted by Gasteiger charge is 2.19. The highest BCUT2D eigenvalue weighted by atomic mass is 16.2. The van der Waals surface area contributed by atoms with Gasteiger partial charge in [-0.25, -0.2) is 4.79 Å². The lowest BCUT2D eigenvalue weighted by Gasteiger charge is -2.23. The molecular formula is C24H28N4O2.